The molecule has 0 atom stereocenters. The maximum atomic E-state index is 11.1. The second-order valence-electron chi connectivity index (χ2n) is 3.66. The van der Waals surface area contributed by atoms with E-state index in [9.17, 15) is 4.79 Å². The van der Waals surface area contributed by atoms with E-state index in [0.717, 1.165) is 37.1 Å². The third-order valence-corrected chi connectivity index (χ3v) is 3.52. The first-order valence-corrected chi connectivity index (χ1v) is 6.29. The molecule has 0 spiro atoms. The largest absolute Gasteiger partial charge is 0.396 e. The van der Waals surface area contributed by atoms with Crippen molar-refractivity contribution in [3.63, 3.8) is 0 Å². The normalized spacial score (nSPS) is 9.88. The SMILES string of the molecule is CCCCCNc1sc(C(N)=O)c(N)c1C#N. The predicted molar refractivity (Wildman–Crippen MR) is 70.0 cm³/mol. The van der Waals surface area contributed by atoms with Crippen molar-refractivity contribution >= 4 is 27.9 Å². The molecule has 0 aliphatic heterocycles. The molecular weight excluding hydrogens is 236 g/mol. The molecule has 0 saturated carbocycles. The first-order chi connectivity index (χ1) is 8.11. The molecule has 0 aliphatic carbocycles. The van der Waals surface area contributed by atoms with Crippen molar-refractivity contribution in [3.8, 4) is 6.07 Å². The van der Waals surface area contributed by atoms with E-state index in [0.29, 0.717) is 10.6 Å². The van der Waals surface area contributed by atoms with Gasteiger partial charge >= 0.3 is 0 Å². The highest BCUT2D eigenvalue weighted by Gasteiger charge is 2.18. The van der Waals surface area contributed by atoms with Crippen LogP contribution in [0, 0.1) is 11.3 Å². The van der Waals surface area contributed by atoms with E-state index in [1.165, 1.54) is 0 Å². The standard InChI is InChI=1S/C11H16N4OS/c1-2-3-4-5-15-11-7(6-12)8(13)9(17-11)10(14)16/h15H,2-5,13H2,1H3,(H2,14,16). The Bertz CT molecular complexity index is 447. The molecule has 0 bridgehead atoms. The number of primary amides is 1. The molecule has 17 heavy (non-hydrogen) atoms. The summed E-state index contributed by atoms with van der Waals surface area (Å²) in [4.78, 5) is 11.3. The summed E-state index contributed by atoms with van der Waals surface area (Å²) < 4.78 is 0. The number of nitrogens with two attached hydrogens (primary N) is 2. The van der Waals surface area contributed by atoms with Gasteiger partial charge in [0.25, 0.3) is 5.91 Å². The average Bonchev–Trinajstić information content (AvgIpc) is 2.61. The number of carbonyl (C=O) groups excluding carboxylic acids is 1. The molecule has 1 heterocycles. The van der Waals surface area contributed by atoms with Crippen LogP contribution in [0.5, 0.6) is 0 Å². The van der Waals surface area contributed by atoms with E-state index in [1.807, 2.05) is 6.07 Å². The molecule has 5 N–H and O–H groups in total. The Labute approximate surface area is 104 Å². The second kappa shape index (κ2) is 6.11. The van der Waals surface area contributed by atoms with Gasteiger partial charge in [-0.1, -0.05) is 19.8 Å². The number of hydrogen-bond donors (Lipinski definition) is 3. The molecule has 0 fully saturated rings. The van der Waals surface area contributed by atoms with E-state index in [4.69, 9.17) is 16.7 Å². The van der Waals surface area contributed by atoms with Crippen LogP contribution in [0.25, 0.3) is 0 Å². The van der Waals surface area contributed by atoms with Gasteiger partial charge in [0.15, 0.2) is 0 Å². The van der Waals surface area contributed by atoms with Crippen molar-refractivity contribution in [2.75, 3.05) is 17.6 Å². The number of carbonyl (C=O) groups is 1. The molecule has 1 amide bonds. The summed E-state index contributed by atoms with van der Waals surface area (Å²) in [6.45, 7) is 2.88. The summed E-state index contributed by atoms with van der Waals surface area (Å²) in [5, 5.41) is 12.7. The van der Waals surface area contributed by atoms with Crippen LogP contribution in [-0.4, -0.2) is 12.5 Å². The van der Waals surface area contributed by atoms with Crippen LogP contribution in [0.3, 0.4) is 0 Å². The number of hydrogen-bond acceptors (Lipinski definition) is 5. The summed E-state index contributed by atoms with van der Waals surface area (Å²) in [5.41, 5.74) is 11.4. The summed E-state index contributed by atoms with van der Waals surface area (Å²) >= 11 is 1.14. The first kappa shape index (κ1) is 13.3. The van der Waals surface area contributed by atoms with E-state index in [2.05, 4.69) is 12.2 Å². The van der Waals surface area contributed by atoms with Crippen molar-refractivity contribution in [2.45, 2.75) is 26.2 Å². The van der Waals surface area contributed by atoms with Crippen molar-refractivity contribution in [1.82, 2.24) is 0 Å². The molecule has 5 nitrogen and oxygen atoms in total. The Kier molecular flexibility index (Phi) is 4.79. The van der Waals surface area contributed by atoms with Gasteiger partial charge in [0.05, 0.1) is 5.69 Å². The van der Waals surface area contributed by atoms with Gasteiger partial charge in [-0.2, -0.15) is 5.26 Å². The highest BCUT2D eigenvalue weighted by Crippen LogP contribution is 2.34. The monoisotopic (exact) mass is 252 g/mol. The van der Waals surface area contributed by atoms with Gasteiger partial charge in [-0.05, 0) is 6.42 Å². The molecule has 0 radical (unpaired) electrons. The molecule has 0 aromatic carbocycles. The van der Waals surface area contributed by atoms with Crippen LogP contribution in [0.15, 0.2) is 0 Å². The quantitative estimate of drug-likeness (QED) is 0.672. The number of nitriles is 1. The van der Waals surface area contributed by atoms with Crippen LogP contribution in [0.2, 0.25) is 0 Å². The van der Waals surface area contributed by atoms with Crippen molar-refractivity contribution in [1.29, 1.82) is 5.26 Å². The number of amides is 1. The van der Waals surface area contributed by atoms with Crippen LogP contribution < -0.4 is 16.8 Å². The molecule has 0 unspecified atom stereocenters. The number of nitrogen functional groups attached to an aromatic ring is 1. The molecule has 6 heteroatoms. The Hall–Kier alpha value is -1.74. The van der Waals surface area contributed by atoms with Gasteiger partial charge in [0, 0.05) is 6.54 Å². The topological polar surface area (TPSA) is 105 Å². The number of rotatable bonds is 6. The minimum absolute atomic E-state index is 0.183. The molecule has 1 aromatic heterocycles. The van der Waals surface area contributed by atoms with Crippen LogP contribution in [0.1, 0.15) is 41.4 Å². The second-order valence-corrected chi connectivity index (χ2v) is 4.68. The molecule has 1 aromatic rings. The molecule has 0 saturated heterocycles. The lowest BCUT2D eigenvalue weighted by Gasteiger charge is -2.02. The maximum Gasteiger partial charge on any atom is 0.261 e. The highest BCUT2D eigenvalue weighted by atomic mass is 32.1. The zero-order chi connectivity index (χ0) is 12.8. The summed E-state index contributed by atoms with van der Waals surface area (Å²) in [6.07, 6.45) is 3.27. The summed E-state index contributed by atoms with van der Waals surface area (Å²) in [7, 11) is 0. The van der Waals surface area contributed by atoms with Crippen molar-refractivity contribution < 1.29 is 4.79 Å². The number of anilines is 2. The number of nitrogens with one attached hydrogen (secondary N) is 1. The lowest BCUT2D eigenvalue weighted by Crippen LogP contribution is -2.10. The summed E-state index contributed by atoms with van der Waals surface area (Å²) in [6, 6.07) is 2.00. The van der Waals surface area contributed by atoms with Crippen molar-refractivity contribution in [3.05, 3.63) is 10.4 Å². The van der Waals surface area contributed by atoms with E-state index >= 15 is 0 Å². The minimum atomic E-state index is -0.592. The Morgan fingerprint density at radius 3 is 2.76 bits per heavy atom. The lowest BCUT2D eigenvalue weighted by molar-refractivity contribution is 0.100. The van der Waals surface area contributed by atoms with Gasteiger partial charge in [0.1, 0.15) is 21.5 Å². The van der Waals surface area contributed by atoms with Crippen LogP contribution >= 0.6 is 11.3 Å². The first-order valence-electron chi connectivity index (χ1n) is 5.47. The third-order valence-electron chi connectivity index (χ3n) is 2.35. The van der Waals surface area contributed by atoms with E-state index < -0.39 is 5.91 Å². The lowest BCUT2D eigenvalue weighted by atomic mass is 10.2. The van der Waals surface area contributed by atoms with Gasteiger partial charge < -0.3 is 16.8 Å². The number of unbranched alkanes of at least 4 members (excludes halogenated alkanes) is 2. The van der Waals surface area contributed by atoms with Gasteiger partial charge in [-0.15, -0.1) is 11.3 Å². The third kappa shape index (κ3) is 3.11. The zero-order valence-corrected chi connectivity index (χ0v) is 10.6. The fourth-order valence-electron chi connectivity index (χ4n) is 1.44. The van der Waals surface area contributed by atoms with E-state index in [-0.39, 0.29) is 10.6 Å². The van der Waals surface area contributed by atoms with Gasteiger partial charge in [-0.3, -0.25) is 4.79 Å². The number of nitrogens with zero attached hydrogens (tertiary/aromatic N) is 1. The maximum absolute atomic E-state index is 11.1. The fourth-order valence-corrected chi connectivity index (χ4v) is 2.39. The zero-order valence-electron chi connectivity index (χ0n) is 9.75. The Morgan fingerprint density at radius 2 is 2.24 bits per heavy atom. The molecular formula is C11H16N4OS. The predicted octanol–water partition coefficient (Wildman–Crippen LogP) is 1.90. The fraction of sp³-hybridized carbons (Fsp3) is 0.455. The molecule has 92 valence electrons. The van der Waals surface area contributed by atoms with E-state index in [1.54, 1.807) is 0 Å². The van der Waals surface area contributed by atoms with Gasteiger partial charge in [-0.25, -0.2) is 0 Å². The average molecular weight is 252 g/mol. The van der Waals surface area contributed by atoms with Crippen molar-refractivity contribution in [2.24, 2.45) is 5.73 Å². The minimum Gasteiger partial charge on any atom is -0.396 e. The van der Waals surface area contributed by atoms with Gasteiger partial charge in [0.2, 0.25) is 0 Å². The van der Waals surface area contributed by atoms with Crippen LogP contribution in [-0.2, 0) is 0 Å². The number of thiophene rings is 1. The highest BCUT2D eigenvalue weighted by molar-refractivity contribution is 7.18. The Balaban J connectivity index is 2.81. The van der Waals surface area contributed by atoms with Crippen LogP contribution in [0.4, 0.5) is 10.7 Å². The Morgan fingerprint density at radius 1 is 1.53 bits per heavy atom. The smallest absolute Gasteiger partial charge is 0.261 e. The summed E-state index contributed by atoms with van der Waals surface area (Å²) in [5.74, 6) is -0.592. The molecule has 1 rings (SSSR count). The molecule has 0 aliphatic rings.